The number of carbonyl (C=O) groups is 1. The Labute approximate surface area is 187 Å². The average molecular weight is 459 g/mol. The molecule has 0 unspecified atom stereocenters. The van der Waals surface area contributed by atoms with Crippen LogP contribution in [-0.4, -0.2) is 32.3 Å². The minimum Gasteiger partial charge on any atom is -0.449 e. The number of hydrogen-bond acceptors (Lipinski definition) is 4. The number of likely N-dealkylation sites (tertiary alicyclic amines) is 1. The van der Waals surface area contributed by atoms with E-state index in [1.165, 1.54) is 18.2 Å². The van der Waals surface area contributed by atoms with Crippen molar-refractivity contribution >= 4 is 32.6 Å². The molecular weight excluding hydrogens is 431 g/mol. The van der Waals surface area contributed by atoms with Gasteiger partial charge in [-0.25, -0.2) is 12.8 Å². The zero-order valence-corrected chi connectivity index (χ0v) is 19.5. The Balaban J connectivity index is 1.85. The number of benzene rings is 2. The molecule has 1 fully saturated rings. The fraction of sp³-hybridized carbons (Fsp3) is 0.375. The Kier molecular flexibility index (Phi) is 5.75. The van der Waals surface area contributed by atoms with Gasteiger partial charge in [0, 0.05) is 24.0 Å². The third-order valence-corrected chi connectivity index (χ3v) is 7.75. The smallest absolute Gasteiger partial charge is 0.289 e. The maximum Gasteiger partial charge on any atom is 0.289 e. The number of aryl methyl sites for hydroxylation is 3. The summed E-state index contributed by atoms with van der Waals surface area (Å²) >= 11 is 0. The van der Waals surface area contributed by atoms with E-state index in [1.54, 1.807) is 25.7 Å². The first-order valence-corrected chi connectivity index (χ1v) is 12.2. The van der Waals surface area contributed by atoms with Crippen molar-refractivity contribution in [3.05, 3.63) is 58.1 Å². The second-order valence-corrected chi connectivity index (χ2v) is 10.1. The largest absolute Gasteiger partial charge is 0.449 e. The third-order valence-electron chi connectivity index (χ3n) is 6.23. The molecule has 0 bridgehead atoms. The number of carbonyl (C=O) groups excluding carboxylic acids is 1. The first kappa shape index (κ1) is 22.3. The van der Waals surface area contributed by atoms with E-state index in [0.29, 0.717) is 35.2 Å². The van der Waals surface area contributed by atoms with Crippen molar-refractivity contribution in [1.29, 1.82) is 0 Å². The highest BCUT2D eigenvalue weighted by Crippen LogP contribution is 2.36. The summed E-state index contributed by atoms with van der Waals surface area (Å²) in [6.07, 6.45) is 2.99. The van der Waals surface area contributed by atoms with Crippen LogP contribution in [0.25, 0.3) is 11.0 Å². The monoisotopic (exact) mass is 458 g/mol. The van der Waals surface area contributed by atoms with Crippen molar-refractivity contribution < 1.29 is 22.0 Å². The quantitative estimate of drug-likeness (QED) is 0.580. The summed E-state index contributed by atoms with van der Waals surface area (Å²) < 4.78 is 48.9. The fourth-order valence-corrected chi connectivity index (χ4v) is 5.83. The van der Waals surface area contributed by atoms with Crippen molar-refractivity contribution in [3.8, 4) is 0 Å². The van der Waals surface area contributed by atoms with Gasteiger partial charge in [0.1, 0.15) is 10.7 Å². The summed E-state index contributed by atoms with van der Waals surface area (Å²) in [5.41, 5.74) is 2.86. The molecule has 0 radical (unpaired) electrons. The van der Waals surface area contributed by atoms with E-state index in [2.05, 4.69) is 4.72 Å². The van der Waals surface area contributed by atoms with Crippen LogP contribution < -0.4 is 4.72 Å². The van der Waals surface area contributed by atoms with Gasteiger partial charge in [0.25, 0.3) is 15.9 Å². The number of sulfonamides is 1. The van der Waals surface area contributed by atoms with Gasteiger partial charge in [-0.1, -0.05) is 0 Å². The maximum absolute atomic E-state index is 13.5. The van der Waals surface area contributed by atoms with Gasteiger partial charge in [-0.05, 0) is 87.9 Å². The Hall–Kier alpha value is -2.87. The molecule has 1 aliphatic rings. The molecule has 8 heteroatoms. The number of piperidine rings is 1. The highest BCUT2D eigenvalue weighted by Gasteiger charge is 2.30. The molecule has 0 saturated carbocycles. The van der Waals surface area contributed by atoms with E-state index in [-0.39, 0.29) is 27.8 Å². The predicted molar refractivity (Wildman–Crippen MR) is 122 cm³/mol. The number of furan rings is 1. The van der Waals surface area contributed by atoms with Gasteiger partial charge < -0.3 is 9.32 Å². The molecular formula is C24H27FN2O4S. The zero-order chi connectivity index (χ0) is 23.2. The number of rotatable bonds is 4. The van der Waals surface area contributed by atoms with Crippen LogP contribution in [0.15, 0.2) is 33.6 Å². The highest BCUT2D eigenvalue weighted by molar-refractivity contribution is 7.93. The van der Waals surface area contributed by atoms with Crippen LogP contribution in [-0.2, 0) is 10.0 Å². The second kappa shape index (κ2) is 8.24. The predicted octanol–water partition coefficient (Wildman–Crippen LogP) is 5.23. The molecule has 1 amide bonds. The van der Waals surface area contributed by atoms with Gasteiger partial charge >= 0.3 is 0 Å². The van der Waals surface area contributed by atoms with Crippen LogP contribution >= 0.6 is 0 Å². The molecule has 2 aromatic carbocycles. The van der Waals surface area contributed by atoms with Crippen LogP contribution in [0.3, 0.4) is 0 Å². The lowest BCUT2D eigenvalue weighted by molar-refractivity contribution is 0.0693. The van der Waals surface area contributed by atoms with E-state index in [9.17, 15) is 17.6 Å². The zero-order valence-electron chi connectivity index (χ0n) is 18.7. The lowest BCUT2D eigenvalue weighted by Crippen LogP contribution is -2.35. The standard InChI is InChI=1S/C24H27FN2O4S/c1-14-13-19-17(4)21(24(28)27-10-6-5-7-11-27)31-22(19)23(16(14)3)32(29,30)26-20-9-8-18(25)12-15(20)2/h8-9,12-13,26H,5-7,10-11H2,1-4H3. The number of halogens is 1. The number of nitrogens with one attached hydrogen (secondary N) is 1. The molecule has 170 valence electrons. The summed E-state index contributed by atoms with van der Waals surface area (Å²) in [7, 11) is -4.07. The molecule has 1 N–H and O–H groups in total. The second-order valence-electron chi connectivity index (χ2n) is 8.50. The maximum atomic E-state index is 13.5. The molecule has 1 aromatic heterocycles. The first-order valence-electron chi connectivity index (χ1n) is 10.7. The van der Waals surface area contributed by atoms with E-state index < -0.39 is 15.8 Å². The minimum absolute atomic E-state index is 0.00276. The number of hydrogen-bond donors (Lipinski definition) is 1. The Bertz CT molecular complexity index is 1320. The Morgan fingerprint density at radius 1 is 1.00 bits per heavy atom. The number of nitrogens with zero attached hydrogens (tertiary/aromatic N) is 1. The van der Waals surface area contributed by atoms with E-state index in [1.807, 2.05) is 13.0 Å². The third kappa shape index (κ3) is 3.88. The topological polar surface area (TPSA) is 79.6 Å². The molecule has 0 spiro atoms. The molecule has 6 nitrogen and oxygen atoms in total. The fourth-order valence-electron chi connectivity index (χ4n) is 4.25. The van der Waals surface area contributed by atoms with Crippen molar-refractivity contribution in [2.75, 3.05) is 17.8 Å². The molecule has 4 rings (SSSR count). The number of anilines is 1. The van der Waals surface area contributed by atoms with E-state index >= 15 is 0 Å². The van der Waals surface area contributed by atoms with Crippen LogP contribution in [0.2, 0.25) is 0 Å². The van der Waals surface area contributed by atoms with Crippen molar-refractivity contribution in [1.82, 2.24) is 4.90 Å². The normalized spacial score (nSPS) is 14.7. The van der Waals surface area contributed by atoms with Gasteiger partial charge in [0.05, 0.1) is 5.69 Å². The number of amides is 1. The molecule has 1 saturated heterocycles. The van der Waals surface area contributed by atoms with Crippen LogP contribution in [0.4, 0.5) is 10.1 Å². The lowest BCUT2D eigenvalue weighted by Gasteiger charge is -2.25. The SMILES string of the molecule is Cc1cc(F)ccc1NS(=O)(=O)c1c(C)c(C)cc2c(C)c(C(=O)N3CCCCC3)oc12. The minimum atomic E-state index is -4.07. The number of fused-ring (bicyclic) bond motifs is 1. The van der Waals surface area contributed by atoms with Gasteiger partial charge in [-0.2, -0.15) is 0 Å². The van der Waals surface area contributed by atoms with Gasteiger partial charge in [0.2, 0.25) is 0 Å². The molecule has 0 aliphatic carbocycles. The van der Waals surface area contributed by atoms with Gasteiger partial charge in [-0.3, -0.25) is 9.52 Å². The summed E-state index contributed by atoms with van der Waals surface area (Å²) in [4.78, 5) is 14.9. The average Bonchev–Trinajstić information content (AvgIpc) is 3.06. The summed E-state index contributed by atoms with van der Waals surface area (Å²) in [6, 6.07) is 5.72. The van der Waals surface area contributed by atoms with Crippen LogP contribution in [0.5, 0.6) is 0 Å². The molecule has 1 aliphatic heterocycles. The van der Waals surface area contributed by atoms with Crippen LogP contribution in [0, 0.1) is 33.5 Å². The molecule has 2 heterocycles. The lowest BCUT2D eigenvalue weighted by atomic mass is 10.0. The van der Waals surface area contributed by atoms with Gasteiger partial charge in [-0.15, -0.1) is 0 Å². The van der Waals surface area contributed by atoms with Crippen LogP contribution in [0.1, 0.15) is 52.1 Å². The first-order chi connectivity index (χ1) is 15.1. The van der Waals surface area contributed by atoms with Crippen molar-refractivity contribution in [2.45, 2.75) is 51.9 Å². The molecule has 3 aromatic rings. The molecule has 32 heavy (non-hydrogen) atoms. The van der Waals surface area contributed by atoms with E-state index in [0.717, 1.165) is 24.8 Å². The summed E-state index contributed by atoms with van der Waals surface area (Å²) in [5, 5.41) is 0.602. The summed E-state index contributed by atoms with van der Waals surface area (Å²) in [5.74, 6) is -0.470. The van der Waals surface area contributed by atoms with Gasteiger partial charge in [0.15, 0.2) is 11.3 Å². The summed E-state index contributed by atoms with van der Waals surface area (Å²) in [6.45, 7) is 8.30. The molecule has 0 atom stereocenters. The van der Waals surface area contributed by atoms with Crippen molar-refractivity contribution in [2.24, 2.45) is 0 Å². The van der Waals surface area contributed by atoms with Crippen molar-refractivity contribution in [3.63, 3.8) is 0 Å². The van der Waals surface area contributed by atoms with E-state index in [4.69, 9.17) is 4.42 Å². The highest BCUT2D eigenvalue weighted by atomic mass is 32.2. The Morgan fingerprint density at radius 2 is 1.69 bits per heavy atom. The Morgan fingerprint density at radius 3 is 2.34 bits per heavy atom.